The van der Waals surface area contributed by atoms with Crippen LogP contribution in [0.25, 0.3) is 0 Å². The van der Waals surface area contributed by atoms with Crippen LogP contribution in [0.5, 0.6) is 11.5 Å². The summed E-state index contributed by atoms with van der Waals surface area (Å²) in [4.78, 5) is 55.6. The van der Waals surface area contributed by atoms with E-state index in [0.29, 0.717) is 25.8 Å². The number of carbonyl (C=O) groups excluding carboxylic acids is 4. The Balaban J connectivity index is 1.75. The second-order valence-electron chi connectivity index (χ2n) is 24.1. The number of nitrogens with zero attached hydrogens (tertiary/aromatic N) is 2. The van der Waals surface area contributed by atoms with Crippen molar-refractivity contribution in [3.05, 3.63) is 57.6 Å². The number of phenolic OH excluding ortho intramolecular Hbond substituents is 2. The molecule has 0 aliphatic carbocycles. The molecule has 2 heterocycles. The highest BCUT2D eigenvalue weighted by Crippen LogP contribution is 2.45. The molecule has 64 heavy (non-hydrogen) atoms. The molecule has 2 saturated heterocycles. The van der Waals surface area contributed by atoms with Crippen molar-refractivity contribution in [1.29, 1.82) is 0 Å². The van der Waals surface area contributed by atoms with Gasteiger partial charge >= 0.3 is 12.1 Å². The monoisotopic (exact) mass is 891 g/mol. The Bertz CT molecular complexity index is 1900. The summed E-state index contributed by atoms with van der Waals surface area (Å²) in [6.45, 7) is 31.8. The number of amides is 6. The van der Waals surface area contributed by atoms with Gasteiger partial charge in [0.1, 0.15) is 22.6 Å². The largest absolute Gasteiger partial charge is 0.507 e. The van der Waals surface area contributed by atoms with E-state index < -0.39 is 40.8 Å². The minimum Gasteiger partial charge on any atom is -0.507 e. The van der Waals surface area contributed by atoms with Crippen LogP contribution in [0.4, 0.5) is 9.59 Å². The van der Waals surface area contributed by atoms with E-state index in [2.05, 4.69) is 10.6 Å². The van der Waals surface area contributed by atoms with E-state index in [1.165, 1.54) is 0 Å². The summed E-state index contributed by atoms with van der Waals surface area (Å²) < 4.78 is 0. The van der Waals surface area contributed by atoms with Gasteiger partial charge in [0.25, 0.3) is 11.8 Å². The summed E-state index contributed by atoms with van der Waals surface area (Å²) in [5.41, 5.74) is -0.207. The third-order valence-electron chi connectivity index (χ3n) is 13.5. The number of benzene rings is 2. The number of rotatable bonds is 17. The number of imide groups is 2. The van der Waals surface area contributed by atoms with Gasteiger partial charge in [0.05, 0.1) is 17.7 Å². The van der Waals surface area contributed by atoms with Crippen LogP contribution in [0.15, 0.2) is 24.3 Å². The van der Waals surface area contributed by atoms with Crippen LogP contribution in [-0.4, -0.2) is 89.5 Å². The van der Waals surface area contributed by atoms with Gasteiger partial charge in [0.2, 0.25) is 0 Å². The summed E-state index contributed by atoms with van der Waals surface area (Å²) in [6, 6.07) is 6.85. The van der Waals surface area contributed by atoms with Crippen LogP contribution in [0.1, 0.15) is 196 Å². The van der Waals surface area contributed by atoms with E-state index in [4.69, 9.17) is 0 Å². The minimum atomic E-state index is -1.30. The predicted octanol–water partition coefficient (Wildman–Crippen LogP) is 9.32. The van der Waals surface area contributed by atoms with E-state index in [-0.39, 0.29) is 70.8 Å². The molecule has 4 rings (SSSR count). The first-order valence-electron chi connectivity index (χ1n) is 23.4. The quantitative estimate of drug-likeness (QED) is 0.0672. The fourth-order valence-electron chi connectivity index (χ4n) is 9.86. The van der Waals surface area contributed by atoms with Gasteiger partial charge in [-0.15, -0.1) is 0 Å². The summed E-state index contributed by atoms with van der Waals surface area (Å²) in [7, 11) is 0. The predicted molar refractivity (Wildman–Crippen MR) is 254 cm³/mol. The second kappa shape index (κ2) is 18.6. The lowest BCUT2D eigenvalue weighted by Crippen LogP contribution is -2.61. The summed E-state index contributed by atoms with van der Waals surface area (Å²) in [5.74, 6) is -0.285. The average molecular weight is 891 g/mol. The molecule has 0 bridgehead atoms. The summed E-state index contributed by atoms with van der Waals surface area (Å²) in [5, 5.41) is 52.6. The maximum atomic E-state index is 14.1. The molecule has 2 fully saturated rings. The van der Waals surface area contributed by atoms with Crippen LogP contribution in [-0.2, 0) is 44.1 Å². The maximum absolute atomic E-state index is 14.1. The first-order valence-corrected chi connectivity index (χ1v) is 23.4. The molecule has 2 aromatic carbocycles. The summed E-state index contributed by atoms with van der Waals surface area (Å²) >= 11 is 0. The van der Waals surface area contributed by atoms with Crippen molar-refractivity contribution in [3.63, 3.8) is 0 Å². The molecule has 2 atom stereocenters. The van der Waals surface area contributed by atoms with Crippen molar-refractivity contribution in [2.75, 3.05) is 6.54 Å². The van der Waals surface area contributed by atoms with Crippen molar-refractivity contribution in [3.8, 4) is 11.5 Å². The number of hydrogen-bond donors (Lipinski definition) is 6. The van der Waals surface area contributed by atoms with Gasteiger partial charge in [-0.3, -0.25) is 20.2 Å². The highest BCUT2D eigenvalue weighted by Gasteiger charge is 2.56. The van der Waals surface area contributed by atoms with Gasteiger partial charge in [0, 0.05) is 6.54 Å². The molecular formula is C52H82N4O8. The molecule has 6 amide bonds. The third-order valence-corrected chi connectivity index (χ3v) is 13.5. The molecule has 12 heteroatoms. The molecule has 6 N–H and O–H groups in total. The zero-order valence-corrected chi connectivity index (χ0v) is 42.1. The first-order chi connectivity index (χ1) is 29.0. The molecule has 2 aliphatic rings. The number of phenols is 2. The Labute approximate surface area is 384 Å². The number of aliphatic hydroxyl groups excluding tert-OH is 2. The number of nitrogens with one attached hydrogen (secondary N) is 2. The zero-order chi connectivity index (χ0) is 48.8. The zero-order valence-electron chi connectivity index (χ0n) is 42.1. The highest BCUT2D eigenvalue weighted by molar-refractivity contribution is 6.07. The Morgan fingerprint density at radius 2 is 0.875 bits per heavy atom. The van der Waals surface area contributed by atoms with E-state index in [1.54, 1.807) is 37.5 Å². The van der Waals surface area contributed by atoms with E-state index in [0.717, 1.165) is 52.6 Å². The van der Waals surface area contributed by atoms with Crippen molar-refractivity contribution < 1.29 is 39.6 Å². The van der Waals surface area contributed by atoms with Crippen LogP contribution < -0.4 is 10.6 Å². The fraction of sp³-hybridized carbons (Fsp3) is 0.692. The van der Waals surface area contributed by atoms with Crippen molar-refractivity contribution >= 4 is 23.9 Å². The Hall–Kier alpha value is -4.16. The normalized spacial score (nSPS) is 18.9. The highest BCUT2D eigenvalue weighted by atomic mass is 16.3. The molecule has 0 spiro atoms. The number of aromatic hydroxyl groups is 2. The standard InChI is InChI=1S/C52H82N4O8/c1-46(2,3)36-26-32(27-37(40(36)59)47(4,5)6)24-34(57)30-52(56-45(64)54-43(62)51(56,15)16,22-20-18-17-19-21-23-55-44(63)53-42(61)50(55,13)14)31-35(58)25-33-28-38(48(7,8)9)41(60)39(29-33)49(10,11)12/h26-29,34-35,57-60H,17-25,30-31H2,1-16H3,(H,53,61,63)(H,54,62,64). The number of aliphatic hydroxyl groups is 2. The molecule has 358 valence electrons. The molecule has 12 nitrogen and oxygen atoms in total. The van der Waals surface area contributed by atoms with E-state index in [9.17, 15) is 39.6 Å². The SMILES string of the molecule is CC(C)(C)c1cc(CC(O)CC(CCCCCCCN2C(=O)NC(=O)C2(C)C)(CC(O)Cc2cc(C(C)(C)C)c(O)c(C(C)(C)C)c2)N2C(=O)NC(=O)C2(C)C)cc(C(C)(C)C)c1O. The number of carbonyl (C=O) groups is 4. The van der Waals surface area contributed by atoms with Gasteiger partial charge in [0.15, 0.2) is 0 Å². The first kappa shape index (κ1) is 52.5. The van der Waals surface area contributed by atoms with Crippen LogP contribution >= 0.6 is 0 Å². The summed E-state index contributed by atoms with van der Waals surface area (Å²) in [6.07, 6.45) is 2.55. The number of unbranched alkanes of at least 4 members (excludes halogenated alkanes) is 4. The van der Waals surface area contributed by atoms with Crippen LogP contribution in [0.3, 0.4) is 0 Å². The topological polar surface area (TPSA) is 180 Å². The smallest absolute Gasteiger partial charge is 0.325 e. The average Bonchev–Trinajstić information content (AvgIpc) is 3.45. The molecule has 0 aromatic heterocycles. The maximum Gasteiger partial charge on any atom is 0.325 e. The second-order valence-corrected chi connectivity index (χ2v) is 24.1. The lowest BCUT2D eigenvalue weighted by atomic mass is 9.74. The van der Waals surface area contributed by atoms with Crippen molar-refractivity contribution in [2.45, 2.75) is 225 Å². The Morgan fingerprint density at radius 3 is 1.20 bits per heavy atom. The van der Waals surface area contributed by atoms with Gasteiger partial charge < -0.3 is 30.2 Å². The molecular weight excluding hydrogens is 809 g/mol. The van der Waals surface area contributed by atoms with Crippen LogP contribution in [0.2, 0.25) is 0 Å². The lowest BCUT2D eigenvalue weighted by Gasteiger charge is -2.49. The number of urea groups is 2. The molecule has 0 saturated carbocycles. The van der Waals surface area contributed by atoms with Gasteiger partial charge in [-0.25, -0.2) is 9.59 Å². The molecule has 0 radical (unpaired) electrons. The van der Waals surface area contributed by atoms with E-state index in [1.807, 2.05) is 107 Å². The van der Waals surface area contributed by atoms with Crippen molar-refractivity contribution in [1.82, 2.24) is 20.4 Å². The lowest BCUT2D eigenvalue weighted by molar-refractivity contribution is -0.128. The Morgan fingerprint density at radius 1 is 0.531 bits per heavy atom. The molecule has 2 aliphatic heterocycles. The van der Waals surface area contributed by atoms with Crippen LogP contribution in [0, 0.1) is 0 Å². The molecule has 2 unspecified atom stereocenters. The number of hydrogen-bond acceptors (Lipinski definition) is 8. The fourth-order valence-corrected chi connectivity index (χ4v) is 9.86. The van der Waals surface area contributed by atoms with Gasteiger partial charge in [-0.05, 0) is 121 Å². The van der Waals surface area contributed by atoms with Crippen molar-refractivity contribution in [2.24, 2.45) is 0 Å². The Kier molecular flexibility index (Phi) is 15.3. The molecule has 2 aromatic rings. The third kappa shape index (κ3) is 11.6. The minimum absolute atomic E-state index is 0.0635. The van der Waals surface area contributed by atoms with E-state index >= 15 is 0 Å². The van der Waals surface area contributed by atoms with Gasteiger partial charge in [-0.2, -0.15) is 0 Å². The van der Waals surface area contributed by atoms with Gasteiger partial charge in [-0.1, -0.05) is 133 Å².